The summed E-state index contributed by atoms with van der Waals surface area (Å²) in [5.74, 6) is 0. The zero-order valence-corrected chi connectivity index (χ0v) is 35.2. The van der Waals surface area contributed by atoms with Crippen molar-refractivity contribution in [2.24, 2.45) is 0 Å². The molecule has 0 bridgehead atoms. The summed E-state index contributed by atoms with van der Waals surface area (Å²) in [7, 11) is 0. The monoisotopic (exact) mass is 826 g/mol. The number of aromatic nitrogens is 4. The Morgan fingerprint density at radius 2 is 0.692 bits per heavy atom. The highest BCUT2D eigenvalue weighted by atomic mass is 15.0. The van der Waals surface area contributed by atoms with Gasteiger partial charge in [-0.3, -0.25) is 0 Å². The predicted molar refractivity (Wildman–Crippen MR) is 273 cm³/mol. The van der Waals surface area contributed by atoms with Crippen molar-refractivity contribution in [1.29, 1.82) is 0 Å². The largest absolute Gasteiger partial charge is 0.309 e. The molecule has 0 aliphatic heterocycles. The van der Waals surface area contributed by atoms with E-state index in [2.05, 4.69) is 244 Å². The van der Waals surface area contributed by atoms with E-state index in [0.29, 0.717) is 0 Å². The Morgan fingerprint density at radius 1 is 0.262 bits per heavy atom. The van der Waals surface area contributed by atoms with Gasteiger partial charge in [0.25, 0.3) is 0 Å². The third-order valence-corrected chi connectivity index (χ3v) is 13.6. The molecule has 0 spiro atoms. The van der Waals surface area contributed by atoms with Crippen LogP contribution in [0.1, 0.15) is 0 Å². The second-order valence-corrected chi connectivity index (χ2v) is 17.1. The first-order chi connectivity index (χ1) is 32.3. The standard InChI is InChI=1S/C61H38N4/c1-2-16-40(17-3-1)60-52-35-34-50-49-22-9-15-29-58(49)65(61(50)59(52)51-23-4-10-24-53(51)62-60)42-32-30-39(31-33-42)41-36-43(63-54-25-11-5-18-45(54)46-19-6-12-26-55(46)63)38-44(37-41)64-56-27-13-7-20-47(56)48-21-8-14-28-57(48)64/h1-38H. The lowest BCUT2D eigenvalue weighted by atomic mass is 9.97. The van der Waals surface area contributed by atoms with Gasteiger partial charge in [-0.1, -0.05) is 164 Å². The van der Waals surface area contributed by atoms with E-state index < -0.39 is 0 Å². The number of rotatable bonds is 5. The van der Waals surface area contributed by atoms with Crippen LogP contribution >= 0.6 is 0 Å². The van der Waals surface area contributed by atoms with Crippen LogP contribution in [0.4, 0.5) is 0 Å². The highest BCUT2D eigenvalue weighted by Gasteiger charge is 2.21. The molecule has 65 heavy (non-hydrogen) atoms. The van der Waals surface area contributed by atoms with Crippen molar-refractivity contribution < 1.29 is 0 Å². The Bertz CT molecular complexity index is 3990. The molecule has 4 heterocycles. The summed E-state index contributed by atoms with van der Waals surface area (Å²) >= 11 is 0. The third-order valence-electron chi connectivity index (χ3n) is 13.6. The lowest BCUT2D eigenvalue weighted by Gasteiger charge is -2.17. The van der Waals surface area contributed by atoms with Crippen LogP contribution < -0.4 is 0 Å². The Hall–Kier alpha value is -8.73. The normalized spacial score (nSPS) is 12.0. The van der Waals surface area contributed by atoms with Gasteiger partial charge in [-0.15, -0.1) is 0 Å². The van der Waals surface area contributed by atoms with Gasteiger partial charge in [0.15, 0.2) is 0 Å². The van der Waals surface area contributed by atoms with Crippen molar-refractivity contribution in [3.63, 3.8) is 0 Å². The quantitative estimate of drug-likeness (QED) is 0.159. The SMILES string of the molecule is c1ccc(-c2nc3ccccc3c3c2ccc2c4ccccc4n(-c4ccc(-c5cc(-n6c7ccccc7c7ccccc76)cc(-n6c7ccccc7c7ccccc76)c5)cc4)c23)cc1. The Morgan fingerprint density at radius 3 is 1.23 bits per heavy atom. The number of fused-ring (bicyclic) bond motifs is 13. The van der Waals surface area contributed by atoms with E-state index in [1.807, 2.05) is 0 Å². The minimum absolute atomic E-state index is 0.987. The van der Waals surface area contributed by atoms with Crippen molar-refractivity contribution >= 4 is 87.1 Å². The van der Waals surface area contributed by atoms with Crippen LogP contribution in [0.3, 0.4) is 0 Å². The molecule has 0 saturated heterocycles. The van der Waals surface area contributed by atoms with E-state index in [1.165, 1.54) is 70.8 Å². The Balaban J connectivity index is 1.02. The molecule has 0 N–H and O–H groups in total. The van der Waals surface area contributed by atoms with Crippen LogP contribution in [0.5, 0.6) is 0 Å². The average Bonchev–Trinajstić information content (AvgIpc) is 4.02. The number of hydrogen-bond donors (Lipinski definition) is 0. The van der Waals surface area contributed by atoms with Crippen LogP contribution in [0.25, 0.3) is 127 Å². The van der Waals surface area contributed by atoms with Crippen molar-refractivity contribution in [1.82, 2.24) is 18.7 Å². The first-order valence-corrected chi connectivity index (χ1v) is 22.3. The molecular weight excluding hydrogens is 789 g/mol. The molecule has 14 aromatic rings. The van der Waals surface area contributed by atoms with Crippen LogP contribution in [0, 0.1) is 0 Å². The maximum atomic E-state index is 5.29. The van der Waals surface area contributed by atoms with E-state index in [4.69, 9.17) is 4.98 Å². The van der Waals surface area contributed by atoms with Crippen LogP contribution in [-0.4, -0.2) is 18.7 Å². The summed E-state index contributed by atoms with van der Waals surface area (Å²) < 4.78 is 7.34. The molecule has 0 unspecified atom stereocenters. The molecule has 302 valence electrons. The zero-order chi connectivity index (χ0) is 42.6. The molecule has 4 heteroatoms. The second-order valence-electron chi connectivity index (χ2n) is 17.1. The molecule has 0 atom stereocenters. The summed E-state index contributed by atoms with van der Waals surface area (Å²) in [5.41, 5.74) is 15.8. The number of hydrogen-bond acceptors (Lipinski definition) is 1. The van der Waals surface area contributed by atoms with Gasteiger partial charge in [-0.25, -0.2) is 4.98 Å². The van der Waals surface area contributed by atoms with Crippen molar-refractivity contribution in [3.05, 3.63) is 231 Å². The summed E-state index contributed by atoms with van der Waals surface area (Å²) in [6.45, 7) is 0. The summed E-state index contributed by atoms with van der Waals surface area (Å²) in [5, 5.41) is 10.9. The van der Waals surface area contributed by atoms with Gasteiger partial charge >= 0.3 is 0 Å². The van der Waals surface area contributed by atoms with Gasteiger partial charge in [-0.2, -0.15) is 0 Å². The Labute approximate surface area is 374 Å². The Kier molecular flexibility index (Phi) is 7.65. The van der Waals surface area contributed by atoms with Crippen molar-refractivity contribution in [2.45, 2.75) is 0 Å². The maximum Gasteiger partial charge on any atom is 0.0788 e. The highest BCUT2D eigenvalue weighted by Crippen LogP contribution is 2.43. The molecule has 14 rings (SSSR count). The molecular formula is C61H38N4. The first kappa shape index (κ1) is 35.8. The zero-order valence-electron chi connectivity index (χ0n) is 35.2. The molecule has 4 nitrogen and oxygen atoms in total. The summed E-state index contributed by atoms with van der Waals surface area (Å²) in [6.07, 6.45) is 0. The number of pyridine rings is 1. The van der Waals surface area contributed by atoms with E-state index >= 15 is 0 Å². The minimum atomic E-state index is 0.987. The summed E-state index contributed by atoms with van der Waals surface area (Å²) in [6, 6.07) is 84.0. The van der Waals surface area contributed by atoms with E-state index in [-0.39, 0.29) is 0 Å². The fourth-order valence-corrected chi connectivity index (χ4v) is 10.8. The molecule has 0 saturated carbocycles. The smallest absolute Gasteiger partial charge is 0.0788 e. The third kappa shape index (κ3) is 5.28. The minimum Gasteiger partial charge on any atom is -0.309 e. The van der Waals surface area contributed by atoms with Gasteiger partial charge in [-0.05, 0) is 77.9 Å². The summed E-state index contributed by atoms with van der Waals surface area (Å²) in [4.78, 5) is 5.29. The average molecular weight is 827 g/mol. The number of para-hydroxylation sites is 6. The molecule has 10 aromatic carbocycles. The van der Waals surface area contributed by atoms with Crippen LogP contribution in [0.15, 0.2) is 231 Å². The fraction of sp³-hybridized carbons (Fsp3) is 0. The highest BCUT2D eigenvalue weighted by molar-refractivity contribution is 6.27. The van der Waals surface area contributed by atoms with E-state index in [1.54, 1.807) is 0 Å². The van der Waals surface area contributed by atoms with Gasteiger partial charge in [0.2, 0.25) is 0 Å². The van der Waals surface area contributed by atoms with E-state index in [9.17, 15) is 0 Å². The second kappa shape index (κ2) is 13.9. The van der Waals surface area contributed by atoms with Gasteiger partial charge in [0, 0.05) is 71.1 Å². The number of nitrogens with zero attached hydrogens (tertiary/aromatic N) is 4. The van der Waals surface area contributed by atoms with E-state index in [0.717, 1.165) is 55.7 Å². The molecule has 0 aliphatic rings. The van der Waals surface area contributed by atoms with Gasteiger partial charge < -0.3 is 13.7 Å². The topological polar surface area (TPSA) is 27.7 Å². The molecule has 0 fully saturated rings. The van der Waals surface area contributed by atoms with Gasteiger partial charge in [0.1, 0.15) is 0 Å². The van der Waals surface area contributed by atoms with Crippen LogP contribution in [0.2, 0.25) is 0 Å². The fourth-order valence-electron chi connectivity index (χ4n) is 10.8. The van der Waals surface area contributed by atoms with Crippen molar-refractivity contribution in [3.8, 4) is 39.4 Å². The predicted octanol–water partition coefficient (Wildman–Crippen LogP) is 16.0. The van der Waals surface area contributed by atoms with Crippen LogP contribution in [-0.2, 0) is 0 Å². The lowest BCUT2D eigenvalue weighted by Crippen LogP contribution is -2.00. The first-order valence-electron chi connectivity index (χ1n) is 22.3. The molecule has 0 aliphatic carbocycles. The molecule has 0 radical (unpaired) electrons. The molecule has 0 amide bonds. The lowest BCUT2D eigenvalue weighted by molar-refractivity contribution is 1.13. The van der Waals surface area contributed by atoms with Crippen molar-refractivity contribution in [2.75, 3.05) is 0 Å². The van der Waals surface area contributed by atoms with Gasteiger partial charge in [0.05, 0.1) is 44.3 Å². The maximum absolute atomic E-state index is 5.29. The number of benzene rings is 10. The molecule has 4 aromatic heterocycles.